The lowest BCUT2D eigenvalue weighted by molar-refractivity contribution is -0.122. The first-order valence-electron chi connectivity index (χ1n) is 7.75. The Kier molecular flexibility index (Phi) is 5.60. The fourth-order valence-electron chi connectivity index (χ4n) is 2.82. The summed E-state index contributed by atoms with van der Waals surface area (Å²) in [6.07, 6.45) is 3.84. The van der Waals surface area contributed by atoms with Crippen molar-refractivity contribution < 1.29 is 4.79 Å². The van der Waals surface area contributed by atoms with Gasteiger partial charge in [0, 0.05) is 19.0 Å². The van der Waals surface area contributed by atoms with Crippen molar-refractivity contribution in [2.24, 2.45) is 0 Å². The number of hydrogen-bond donors (Lipinski definition) is 2. The van der Waals surface area contributed by atoms with Gasteiger partial charge in [0.15, 0.2) is 0 Å². The normalized spacial score (nSPS) is 20.4. The SMILES string of the molecule is CCC(CC(=O)NC1CCCNC1)c1ccc(C)cc1. The Morgan fingerprint density at radius 1 is 1.40 bits per heavy atom. The molecule has 0 bridgehead atoms. The molecule has 3 nitrogen and oxygen atoms in total. The molecule has 2 unspecified atom stereocenters. The maximum absolute atomic E-state index is 12.2. The van der Waals surface area contributed by atoms with Gasteiger partial charge in [-0.3, -0.25) is 4.79 Å². The highest BCUT2D eigenvalue weighted by Gasteiger charge is 2.18. The molecule has 1 fully saturated rings. The van der Waals surface area contributed by atoms with E-state index in [2.05, 4.69) is 48.7 Å². The van der Waals surface area contributed by atoms with E-state index < -0.39 is 0 Å². The molecular weight excluding hydrogens is 248 g/mol. The Morgan fingerprint density at radius 3 is 2.75 bits per heavy atom. The average Bonchev–Trinajstić information content (AvgIpc) is 2.47. The number of nitrogens with one attached hydrogen (secondary N) is 2. The summed E-state index contributed by atoms with van der Waals surface area (Å²) in [6, 6.07) is 8.87. The number of rotatable bonds is 5. The second-order valence-electron chi connectivity index (χ2n) is 5.83. The monoisotopic (exact) mass is 274 g/mol. The minimum atomic E-state index is 0.186. The van der Waals surface area contributed by atoms with Crippen LogP contribution in [0.25, 0.3) is 0 Å². The van der Waals surface area contributed by atoms with E-state index in [1.807, 2.05) is 0 Å². The maximum atomic E-state index is 12.2. The number of carbonyl (C=O) groups excluding carboxylic acids is 1. The highest BCUT2D eigenvalue weighted by Crippen LogP contribution is 2.23. The zero-order valence-corrected chi connectivity index (χ0v) is 12.6. The second-order valence-corrected chi connectivity index (χ2v) is 5.83. The van der Waals surface area contributed by atoms with Crippen LogP contribution in [0.15, 0.2) is 24.3 Å². The third-order valence-electron chi connectivity index (χ3n) is 4.14. The molecule has 0 aromatic heterocycles. The molecule has 0 radical (unpaired) electrons. The molecule has 1 aliphatic rings. The molecule has 2 rings (SSSR count). The van der Waals surface area contributed by atoms with Crippen LogP contribution in [-0.2, 0) is 4.79 Å². The largest absolute Gasteiger partial charge is 0.352 e. The van der Waals surface area contributed by atoms with Crippen molar-refractivity contribution in [3.63, 3.8) is 0 Å². The van der Waals surface area contributed by atoms with Crippen molar-refractivity contribution in [3.8, 4) is 0 Å². The molecular formula is C17H26N2O. The highest BCUT2D eigenvalue weighted by atomic mass is 16.1. The molecule has 1 aromatic rings. The van der Waals surface area contributed by atoms with Gasteiger partial charge in [-0.25, -0.2) is 0 Å². The molecule has 1 saturated heterocycles. The van der Waals surface area contributed by atoms with Crippen LogP contribution in [0, 0.1) is 6.92 Å². The van der Waals surface area contributed by atoms with E-state index in [0.717, 1.165) is 32.4 Å². The predicted octanol–water partition coefficient (Wildman–Crippen LogP) is 2.75. The summed E-state index contributed by atoms with van der Waals surface area (Å²) in [5, 5.41) is 6.49. The van der Waals surface area contributed by atoms with Crippen molar-refractivity contribution >= 4 is 5.91 Å². The molecule has 1 aromatic carbocycles. The van der Waals surface area contributed by atoms with E-state index in [9.17, 15) is 4.79 Å². The standard InChI is InChI=1S/C17H26N2O/c1-3-14(15-8-6-13(2)7-9-15)11-17(20)19-16-5-4-10-18-12-16/h6-9,14,16,18H,3-5,10-12H2,1-2H3,(H,19,20). The molecule has 110 valence electrons. The van der Waals surface area contributed by atoms with Crippen LogP contribution < -0.4 is 10.6 Å². The fourth-order valence-corrected chi connectivity index (χ4v) is 2.82. The number of carbonyl (C=O) groups is 1. The van der Waals surface area contributed by atoms with Gasteiger partial charge in [-0.1, -0.05) is 36.8 Å². The van der Waals surface area contributed by atoms with Gasteiger partial charge in [0.05, 0.1) is 0 Å². The van der Waals surface area contributed by atoms with Gasteiger partial charge in [0.2, 0.25) is 5.91 Å². The van der Waals surface area contributed by atoms with Gasteiger partial charge in [-0.05, 0) is 44.2 Å². The first kappa shape index (κ1) is 15.0. The van der Waals surface area contributed by atoms with Crippen LogP contribution in [0.4, 0.5) is 0 Å². The van der Waals surface area contributed by atoms with Crippen LogP contribution in [0.5, 0.6) is 0 Å². The molecule has 2 N–H and O–H groups in total. The fraction of sp³-hybridized carbons (Fsp3) is 0.588. The maximum Gasteiger partial charge on any atom is 0.220 e. The number of amides is 1. The first-order chi connectivity index (χ1) is 9.69. The lowest BCUT2D eigenvalue weighted by Gasteiger charge is -2.25. The highest BCUT2D eigenvalue weighted by molar-refractivity contribution is 5.77. The quantitative estimate of drug-likeness (QED) is 0.867. The summed E-state index contributed by atoms with van der Waals surface area (Å²) in [7, 11) is 0. The second kappa shape index (κ2) is 7.44. The molecule has 0 aliphatic carbocycles. The Morgan fingerprint density at radius 2 is 2.15 bits per heavy atom. The molecule has 3 heteroatoms. The third-order valence-corrected chi connectivity index (χ3v) is 4.14. The lowest BCUT2D eigenvalue weighted by Crippen LogP contribution is -2.45. The number of hydrogen-bond acceptors (Lipinski definition) is 2. The van der Waals surface area contributed by atoms with E-state index in [1.54, 1.807) is 0 Å². The number of aryl methyl sites for hydroxylation is 1. The molecule has 1 amide bonds. The van der Waals surface area contributed by atoms with Crippen molar-refractivity contribution in [2.75, 3.05) is 13.1 Å². The summed E-state index contributed by atoms with van der Waals surface area (Å²) >= 11 is 0. The van der Waals surface area contributed by atoms with Crippen LogP contribution >= 0.6 is 0 Å². The number of benzene rings is 1. The van der Waals surface area contributed by atoms with Crippen molar-refractivity contribution in [3.05, 3.63) is 35.4 Å². The van der Waals surface area contributed by atoms with Crippen molar-refractivity contribution in [2.45, 2.75) is 51.5 Å². The average molecular weight is 274 g/mol. The van der Waals surface area contributed by atoms with Crippen molar-refractivity contribution in [1.82, 2.24) is 10.6 Å². The Bertz CT molecular complexity index is 421. The van der Waals surface area contributed by atoms with Gasteiger partial charge >= 0.3 is 0 Å². The molecule has 0 spiro atoms. The van der Waals surface area contributed by atoms with E-state index in [1.165, 1.54) is 11.1 Å². The van der Waals surface area contributed by atoms with Gasteiger partial charge in [0.25, 0.3) is 0 Å². The third kappa shape index (κ3) is 4.34. The Labute approximate surface area is 122 Å². The van der Waals surface area contributed by atoms with E-state index >= 15 is 0 Å². The minimum absolute atomic E-state index is 0.186. The van der Waals surface area contributed by atoms with Crippen molar-refractivity contribution in [1.29, 1.82) is 0 Å². The predicted molar refractivity (Wildman–Crippen MR) is 82.9 cm³/mol. The van der Waals surface area contributed by atoms with Crippen LogP contribution in [-0.4, -0.2) is 25.0 Å². The lowest BCUT2D eigenvalue weighted by atomic mass is 9.92. The smallest absolute Gasteiger partial charge is 0.220 e. The molecule has 0 saturated carbocycles. The summed E-state index contributed by atoms with van der Waals surface area (Å²) in [5.74, 6) is 0.512. The van der Waals surface area contributed by atoms with Gasteiger partial charge in [-0.15, -0.1) is 0 Å². The summed E-state index contributed by atoms with van der Waals surface area (Å²) in [5.41, 5.74) is 2.54. The zero-order chi connectivity index (χ0) is 14.4. The molecule has 1 aliphatic heterocycles. The molecule has 2 atom stereocenters. The summed E-state index contributed by atoms with van der Waals surface area (Å²) in [4.78, 5) is 12.2. The first-order valence-corrected chi connectivity index (χ1v) is 7.75. The number of piperidine rings is 1. The van der Waals surface area contributed by atoms with Gasteiger partial charge in [0.1, 0.15) is 0 Å². The zero-order valence-electron chi connectivity index (χ0n) is 12.6. The Balaban J connectivity index is 1.88. The van der Waals surface area contributed by atoms with E-state index in [-0.39, 0.29) is 5.91 Å². The Hall–Kier alpha value is -1.35. The minimum Gasteiger partial charge on any atom is -0.352 e. The molecule has 20 heavy (non-hydrogen) atoms. The molecule has 1 heterocycles. The van der Waals surface area contributed by atoms with Crippen LogP contribution in [0.3, 0.4) is 0 Å². The van der Waals surface area contributed by atoms with E-state index in [4.69, 9.17) is 0 Å². The van der Waals surface area contributed by atoms with Crippen LogP contribution in [0.1, 0.15) is 49.7 Å². The van der Waals surface area contributed by atoms with Gasteiger partial charge < -0.3 is 10.6 Å². The summed E-state index contributed by atoms with van der Waals surface area (Å²) < 4.78 is 0. The topological polar surface area (TPSA) is 41.1 Å². The van der Waals surface area contributed by atoms with Gasteiger partial charge in [-0.2, -0.15) is 0 Å². The summed E-state index contributed by atoms with van der Waals surface area (Å²) in [6.45, 7) is 6.23. The van der Waals surface area contributed by atoms with E-state index in [0.29, 0.717) is 18.4 Å². The van der Waals surface area contributed by atoms with Crippen LogP contribution in [0.2, 0.25) is 0 Å².